The number of carbonyl (C=O) groups is 1. The van der Waals surface area contributed by atoms with Gasteiger partial charge in [-0.15, -0.1) is 0 Å². The van der Waals surface area contributed by atoms with E-state index in [1.54, 1.807) is 25.4 Å². The molecule has 166 valence electrons. The fraction of sp³-hybridized carbons (Fsp3) is 0.208. The smallest absolute Gasteiger partial charge is 0.293 e. The average Bonchev–Trinajstić information content (AvgIpc) is 3.30. The van der Waals surface area contributed by atoms with Crippen LogP contribution < -0.4 is 16.2 Å². The minimum absolute atomic E-state index is 0.113. The molecule has 3 N–H and O–H groups in total. The third-order valence-corrected chi connectivity index (χ3v) is 5.28. The van der Waals surface area contributed by atoms with Gasteiger partial charge in [0.15, 0.2) is 5.82 Å². The summed E-state index contributed by atoms with van der Waals surface area (Å²) in [5, 5.41) is 15.9. The van der Waals surface area contributed by atoms with Crippen LogP contribution in [-0.4, -0.2) is 32.0 Å². The maximum Gasteiger partial charge on any atom is 0.293 e. The van der Waals surface area contributed by atoms with Crippen LogP contribution in [0.15, 0.2) is 59.8 Å². The fourth-order valence-corrected chi connectivity index (χ4v) is 3.49. The number of aryl methyl sites for hydroxylation is 1. The first-order valence-corrected chi connectivity index (χ1v) is 10.5. The molecule has 1 aromatic carbocycles. The molecule has 0 saturated heterocycles. The summed E-state index contributed by atoms with van der Waals surface area (Å²) in [5.74, 6) is -0.106. The number of fused-ring (bicyclic) bond motifs is 1. The number of H-pyrrole nitrogens is 1. The number of nitrogens with one attached hydrogen (secondary N) is 3. The second-order valence-corrected chi connectivity index (χ2v) is 7.65. The second kappa shape index (κ2) is 9.78. The van der Waals surface area contributed by atoms with E-state index in [9.17, 15) is 9.59 Å². The number of nitriles is 1. The van der Waals surface area contributed by atoms with Gasteiger partial charge >= 0.3 is 0 Å². The Kier molecular flexibility index (Phi) is 6.45. The van der Waals surface area contributed by atoms with Gasteiger partial charge < -0.3 is 15.6 Å². The molecule has 0 radical (unpaired) electrons. The van der Waals surface area contributed by atoms with E-state index in [0.29, 0.717) is 24.2 Å². The Bertz CT molecular complexity index is 1400. The lowest BCUT2D eigenvalue weighted by molar-refractivity contribution is -0.121. The molecule has 0 fully saturated rings. The van der Waals surface area contributed by atoms with E-state index < -0.39 is 0 Å². The van der Waals surface area contributed by atoms with Crippen molar-refractivity contribution in [3.8, 4) is 6.07 Å². The van der Waals surface area contributed by atoms with E-state index in [4.69, 9.17) is 5.26 Å². The average molecular weight is 441 g/mol. The van der Waals surface area contributed by atoms with Crippen molar-refractivity contribution in [1.29, 1.82) is 5.26 Å². The van der Waals surface area contributed by atoms with Crippen LogP contribution in [0.1, 0.15) is 22.5 Å². The summed E-state index contributed by atoms with van der Waals surface area (Å²) in [6.45, 7) is 2.37. The van der Waals surface area contributed by atoms with E-state index in [0.717, 1.165) is 22.2 Å². The summed E-state index contributed by atoms with van der Waals surface area (Å²) in [4.78, 5) is 37.0. The van der Waals surface area contributed by atoms with Crippen LogP contribution in [0.3, 0.4) is 0 Å². The summed E-state index contributed by atoms with van der Waals surface area (Å²) >= 11 is 0. The summed E-state index contributed by atoms with van der Waals surface area (Å²) < 4.78 is 1.39. The van der Waals surface area contributed by atoms with Crippen LogP contribution in [0.4, 0.5) is 5.82 Å². The summed E-state index contributed by atoms with van der Waals surface area (Å²) in [7, 11) is 0. The van der Waals surface area contributed by atoms with E-state index >= 15 is 0 Å². The van der Waals surface area contributed by atoms with Crippen molar-refractivity contribution in [1.82, 2.24) is 24.8 Å². The van der Waals surface area contributed by atoms with Gasteiger partial charge in [-0.05, 0) is 43.2 Å². The van der Waals surface area contributed by atoms with E-state index in [1.807, 2.05) is 36.5 Å². The van der Waals surface area contributed by atoms with Gasteiger partial charge in [-0.2, -0.15) is 5.26 Å². The molecule has 0 bridgehead atoms. The quantitative estimate of drug-likeness (QED) is 0.385. The highest BCUT2D eigenvalue weighted by Crippen LogP contribution is 2.11. The molecule has 33 heavy (non-hydrogen) atoms. The highest BCUT2D eigenvalue weighted by molar-refractivity contribution is 5.79. The Hall–Kier alpha value is -4.45. The third kappa shape index (κ3) is 5.25. The highest BCUT2D eigenvalue weighted by atomic mass is 16.2. The molecule has 9 nitrogen and oxygen atoms in total. The lowest BCUT2D eigenvalue weighted by atomic mass is 10.1. The number of benzene rings is 1. The SMILES string of the molecule is Cc1cnc(NCCc2cccc(C#N)c2)c(=O)n1CC(=O)NCc1cc2cc[nH]c2cn1. The molecule has 3 aromatic heterocycles. The van der Waals surface area contributed by atoms with Gasteiger partial charge in [-0.1, -0.05) is 12.1 Å². The van der Waals surface area contributed by atoms with Crippen molar-refractivity contribution in [2.45, 2.75) is 26.4 Å². The van der Waals surface area contributed by atoms with Gasteiger partial charge in [0.1, 0.15) is 6.54 Å². The van der Waals surface area contributed by atoms with Crippen LogP contribution in [0, 0.1) is 18.3 Å². The molecule has 0 saturated carbocycles. The minimum atomic E-state index is -0.359. The molecule has 0 aliphatic heterocycles. The Balaban J connectivity index is 1.36. The molecule has 3 heterocycles. The number of aromatic amines is 1. The molecular weight excluding hydrogens is 418 g/mol. The molecule has 0 aliphatic carbocycles. The number of hydrogen-bond acceptors (Lipinski definition) is 6. The summed E-state index contributed by atoms with van der Waals surface area (Å²) in [6.07, 6.45) is 5.75. The monoisotopic (exact) mass is 441 g/mol. The number of hydrogen-bond donors (Lipinski definition) is 3. The first-order chi connectivity index (χ1) is 16.0. The Morgan fingerprint density at radius 2 is 2.09 bits per heavy atom. The molecule has 4 aromatic rings. The van der Waals surface area contributed by atoms with Crippen molar-refractivity contribution in [2.75, 3.05) is 11.9 Å². The maximum absolute atomic E-state index is 12.9. The molecule has 0 spiro atoms. The van der Waals surface area contributed by atoms with Crippen LogP contribution in [0.25, 0.3) is 10.9 Å². The molecule has 1 amide bonds. The number of nitrogens with zero attached hydrogens (tertiary/aromatic N) is 4. The second-order valence-electron chi connectivity index (χ2n) is 7.65. The van der Waals surface area contributed by atoms with Gasteiger partial charge in [0.2, 0.25) is 5.91 Å². The van der Waals surface area contributed by atoms with Crippen LogP contribution in [0.2, 0.25) is 0 Å². The minimum Gasteiger partial charge on any atom is -0.365 e. The Labute approximate surface area is 190 Å². The van der Waals surface area contributed by atoms with Crippen molar-refractivity contribution in [3.05, 3.63) is 87.9 Å². The van der Waals surface area contributed by atoms with Gasteiger partial charge in [0.05, 0.1) is 35.6 Å². The van der Waals surface area contributed by atoms with Crippen molar-refractivity contribution < 1.29 is 4.79 Å². The number of amides is 1. The first kappa shape index (κ1) is 21.8. The topological polar surface area (TPSA) is 128 Å². The van der Waals surface area contributed by atoms with Crippen molar-refractivity contribution in [2.24, 2.45) is 0 Å². The van der Waals surface area contributed by atoms with E-state index in [2.05, 4.69) is 31.7 Å². The predicted molar refractivity (Wildman–Crippen MR) is 125 cm³/mol. The molecular formula is C24H23N7O2. The normalized spacial score (nSPS) is 10.7. The highest BCUT2D eigenvalue weighted by Gasteiger charge is 2.12. The zero-order chi connectivity index (χ0) is 23.2. The van der Waals surface area contributed by atoms with Crippen molar-refractivity contribution in [3.63, 3.8) is 0 Å². The zero-order valence-electron chi connectivity index (χ0n) is 18.1. The molecule has 0 atom stereocenters. The van der Waals surface area contributed by atoms with Crippen LogP contribution in [0.5, 0.6) is 0 Å². The number of rotatable bonds is 8. The van der Waals surface area contributed by atoms with Crippen LogP contribution in [-0.2, 0) is 24.3 Å². The molecule has 4 rings (SSSR count). The molecule has 9 heteroatoms. The van der Waals surface area contributed by atoms with E-state index in [1.165, 1.54) is 4.57 Å². The number of pyridine rings is 1. The fourth-order valence-electron chi connectivity index (χ4n) is 3.49. The molecule has 0 unspecified atom stereocenters. The largest absolute Gasteiger partial charge is 0.365 e. The standard InChI is InChI=1S/C24H23N7O2/c1-16-12-30-23(27-7-5-17-3-2-4-18(9-17)11-25)24(33)31(16)15-22(32)29-13-20-10-19-6-8-26-21(19)14-28-20/h2-4,6,8-10,12,14,26H,5,7,13,15H2,1H3,(H,27,30)(H,29,32). The Morgan fingerprint density at radius 3 is 2.94 bits per heavy atom. The third-order valence-electron chi connectivity index (χ3n) is 5.28. The van der Waals surface area contributed by atoms with Gasteiger partial charge in [-0.25, -0.2) is 4.98 Å². The van der Waals surface area contributed by atoms with Gasteiger partial charge in [0.25, 0.3) is 5.56 Å². The van der Waals surface area contributed by atoms with Crippen LogP contribution >= 0.6 is 0 Å². The number of carbonyl (C=O) groups excluding carboxylic acids is 1. The predicted octanol–water partition coefficient (Wildman–Crippen LogP) is 2.27. The van der Waals surface area contributed by atoms with Crippen molar-refractivity contribution >= 4 is 22.6 Å². The number of anilines is 1. The summed E-state index contributed by atoms with van der Waals surface area (Å²) in [6, 6.07) is 13.3. The maximum atomic E-state index is 12.9. The lowest BCUT2D eigenvalue weighted by Crippen LogP contribution is -2.34. The summed E-state index contributed by atoms with van der Waals surface area (Å²) in [5.41, 5.74) is 3.48. The first-order valence-electron chi connectivity index (χ1n) is 10.5. The number of aromatic nitrogens is 4. The van der Waals surface area contributed by atoms with E-state index in [-0.39, 0.29) is 30.4 Å². The Morgan fingerprint density at radius 1 is 1.21 bits per heavy atom. The lowest BCUT2D eigenvalue weighted by Gasteiger charge is -2.12. The van der Waals surface area contributed by atoms with Gasteiger partial charge in [-0.3, -0.25) is 19.1 Å². The van der Waals surface area contributed by atoms with Gasteiger partial charge in [0, 0.05) is 30.0 Å². The zero-order valence-corrected chi connectivity index (χ0v) is 18.1. The molecule has 0 aliphatic rings.